The molecule has 0 aliphatic heterocycles. The minimum atomic E-state index is -0.432. The van der Waals surface area contributed by atoms with Gasteiger partial charge in [0.15, 0.2) is 0 Å². The van der Waals surface area contributed by atoms with E-state index in [0.29, 0.717) is 11.3 Å². The maximum absolute atomic E-state index is 11.1. The standard InChI is InChI=1S/C9H10NO3/c1-12-8-5-6(9(11)13-2)3-4-7(8)10/h3-5,10H,1-2H3. The zero-order chi connectivity index (χ0) is 9.84. The van der Waals surface area contributed by atoms with Crippen LogP contribution in [0, 0.1) is 0 Å². The summed E-state index contributed by atoms with van der Waals surface area (Å²) in [6.07, 6.45) is 0. The van der Waals surface area contributed by atoms with Crippen LogP contribution in [0.5, 0.6) is 5.75 Å². The smallest absolute Gasteiger partial charge is 0.337 e. The molecule has 0 heterocycles. The van der Waals surface area contributed by atoms with Gasteiger partial charge in [0.25, 0.3) is 0 Å². The molecule has 4 heteroatoms. The Morgan fingerprint density at radius 3 is 2.62 bits per heavy atom. The molecule has 1 rings (SSSR count). The molecule has 1 aromatic carbocycles. The molecule has 1 radical (unpaired) electrons. The van der Waals surface area contributed by atoms with Gasteiger partial charge in [-0.05, 0) is 18.2 Å². The molecule has 0 bridgehead atoms. The monoisotopic (exact) mass is 180 g/mol. The van der Waals surface area contributed by atoms with Crippen molar-refractivity contribution in [2.24, 2.45) is 0 Å². The van der Waals surface area contributed by atoms with Crippen LogP contribution in [0.2, 0.25) is 0 Å². The molecule has 1 N–H and O–H groups in total. The Hall–Kier alpha value is -1.71. The summed E-state index contributed by atoms with van der Waals surface area (Å²) in [6, 6.07) is 4.50. The molecule has 0 aromatic heterocycles. The van der Waals surface area contributed by atoms with E-state index in [-0.39, 0.29) is 5.69 Å². The first-order valence-electron chi connectivity index (χ1n) is 3.67. The van der Waals surface area contributed by atoms with E-state index in [1.807, 2.05) is 0 Å². The lowest BCUT2D eigenvalue weighted by atomic mass is 10.2. The number of hydrogen-bond donors (Lipinski definition) is 0. The van der Waals surface area contributed by atoms with E-state index in [0.717, 1.165) is 0 Å². The van der Waals surface area contributed by atoms with Crippen LogP contribution in [0.1, 0.15) is 10.4 Å². The fraction of sp³-hybridized carbons (Fsp3) is 0.222. The van der Waals surface area contributed by atoms with Gasteiger partial charge in [0, 0.05) is 0 Å². The fourth-order valence-corrected chi connectivity index (χ4v) is 0.936. The van der Waals surface area contributed by atoms with E-state index in [1.54, 1.807) is 0 Å². The van der Waals surface area contributed by atoms with E-state index in [9.17, 15) is 4.79 Å². The van der Waals surface area contributed by atoms with Crippen molar-refractivity contribution in [2.75, 3.05) is 14.2 Å². The molecule has 13 heavy (non-hydrogen) atoms. The molecule has 0 saturated carbocycles. The van der Waals surface area contributed by atoms with Gasteiger partial charge in [-0.1, -0.05) is 0 Å². The summed E-state index contributed by atoms with van der Waals surface area (Å²) in [6.45, 7) is 0. The van der Waals surface area contributed by atoms with Crippen molar-refractivity contribution in [2.45, 2.75) is 0 Å². The highest BCUT2D eigenvalue weighted by Gasteiger charge is 2.08. The largest absolute Gasteiger partial charge is 0.494 e. The Morgan fingerprint density at radius 1 is 1.38 bits per heavy atom. The van der Waals surface area contributed by atoms with Crippen LogP contribution in [-0.2, 0) is 4.74 Å². The van der Waals surface area contributed by atoms with Crippen molar-refractivity contribution in [1.82, 2.24) is 5.73 Å². The number of hydrogen-bond acceptors (Lipinski definition) is 3. The number of methoxy groups -OCH3 is 2. The third-order valence-electron chi connectivity index (χ3n) is 1.62. The van der Waals surface area contributed by atoms with Crippen molar-refractivity contribution < 1.29 is 14.3 Å². The predicted octanol–water partition coefficient (Wildman–Crippen LogP) is 1.40. The zero-order valence-electron chi connectivity index (χ0n) is 7.46. The molecule has 0 fully saturated rings. The molecular weight excluding hydrogens is 170 g/mol. The van der Waals surface area contributed by atoms with Crippen molar-refractivity contribution in [3.05, 3.63) is 23.8 Å². The summed E-state index contributed by atoms with van der Waals surface area (Å²) in [7, 11) is 2.76. The second-order valence-corrected chi connectivity index (χ2v) is 2.41. The topological polar surface area (TPSA) is 59.3 Å². The van der Waals surface area contributed by atoms with E-state index >= 15 is 0 Å². The van der Waals surface area contributed by atoms with E-state index in [1.165, 1.54) is 32.4 Å². The molecule has 1 aromatic rings. The average Bonchev–Trinajstić information content (AvgIpc) is 2.17. The van der Waals surface area contributed by atoms with Gasteiger partial charge in [-0.15, -0.1) is 0 Å². The lowest BCUT2D eigenvalue weighted by Gasteiger charge is -2.04. The lowest BCUT2D eigenvalue weighted by Crippen LogP contribution is -2.01. The number of rotatable bonds is 2. The summed E-state index contributed by atoms with van der Waals surface area (Å²) in [5.74, 6) is -0.0683. The minimum Gasteiger partial charge on any atom is -0.494 e. The van der Waals surface area contributed by atoms with Crippen LogP contribution in [-0.4, -0.2) is 20.2 Å². The van der Waals surface area contributed by atoms with Crippen LogP contribution in [0.25, 0.3) is 0 Å². The Bertz CT molecular complexity index is 323. The summed E-state index contributed by atoms with van der Waals surface area (Å²) < 4.78 is 9.40. The van der Waals surface area contributed by atoms with Crippen molar-refractivity contribution in [3.8, 4) is 5.75 Å². The molecule has 4 nitrogen and oxygen atoms in total. The summed E-state index contributed by atoms with van der Waals surface area (Å²) in [4.78, 5) is 11.1. The number of carbonyl (C=O) groups is 1. The third kappa shape index (κ3) is 1.90. The molecule has 0 unspecified atom stereocenters. The van der Waals surface area contributed by atoms with Crippen LogP contribution >= 0.6 is 0 Å². The van der Waals surface area contributed by atoms with Gasteiger partial charge in [0.2, 0.25) is 0 Å². The molecule has 0 aliphatic rings. The van der Waals surface area contributed by atoms with Crippen molar-refractivity contribution in [3.63, 3.8) is 0 Å². The van der Waals surface area contributed by atoms with Gasteiger partial charge in [-0.2, -0.15) is 0 Å². The highest BCUT2D eigenvalue weighted by atomic mass is 16.5. The first-order valence-corrected chi connectivity index (χ1v) is 3.67. The first-order chi connectivity index (χ1) is 6.19. The lowest BCUT2D eigenvalue weighted by molar-refractivity contribution is 0.0600. The molecule has 0 atom stereocenters. The molecule has 69 valence electrons. The third-order valence-corrected chi connectivity index (χ3v) is 1.62. The maximum atomic E-state index is 11.1. The van der Waals surface area contributed by atoms with Gasteiger partial charge in [0.1, 0.15) is 5.75 Å². The zero-order valence-corrected chi connectivity index (χ0v) is 7.46. The Kier molecular flexibility index (Phi) is 2.74. The van der Waals surface area contributed by atoms with E-state index < -0.39 is 5.97 Å². The Labute approximate surface area is 76.3 Å². The second-order valence-electron chi connectivity index (χ2n) is 2.41. The number of esters is 1. The van der Waals surface area contributed by atoms with Gasteiger partial charge >= 0.3 is 5.97 Å². The average molecular weight is 180 g/mol. The molecule has 0 saturated heterocycles. The first kappa shape index (κ1) is 9.38. The number of ether oxygens (including phenoxy) is 2. The van der Waals surface area contributed by atoms with E-state index in [2.05, 4.69) is 4.74 Å². The number of nitrogens with one attached hydrogen (secondary N) is 1. The molecule has 0 spiro atoms. The van der Waals surface area contributed by atoms with E-state index in [4.69, 9.17) is 10.5 Å². The SMILES string of the molecule is COC(=O)c1ccc([NH])c(OC)c1. The quantitative estimate of drug-likeness (QED) is 0.646. The second kappa shape index (κ2) is 3.80. The summed E-state index contributed by atoms with van der Waals surface area (Å²) in [5, 5.41) is 0. The van der Waals surface area contributed by atoms with Crippen LogP contribution in [0.15, 0.2) is 18.2 Å². The highest BCUT2D eigenvalue weighted by molar-refractivity contribution is 5.90. The number of benzene rings is 1. The van der Waals surface area contributed by atoms with Crippen molar-refractivity contribution >= 4 is 11.7 Å². The van der Waals surface area contributed by atoms with Crippen molar-refractivity contribution in [1.29, 1.82) is 0 Å². The minimum absolute atomic E-state index is 0.246. The van der Waals surface area contributed by atoms with Crippen LogP contribution < -0.4 is 10.5 Å². The molecular formula is C9H10NO3. The Morgan fingerprint density at radius 2 is 2.08 bits per heavy atom. The predicted molar refractivity (Wildman–Crippen MR) is 47.1 cm³/mol. The summed E-state index contributed by atoms with van der Waals surface area (Å²) in [5.41, 5.74) is 8.02. The Balaban J connectivity index is 3.06. The normalized spacial score (nSPS) is 9.38. The molecule has 0 amide bonds. The van der Waals surface area contributed by atoms with Crippen LogP contribution in [0.3, 0.4) is 0 Å². The summed E-state index contributed by atoms with van der Waals surface area (Å²) >= 11 is 0. The van der Waals surface area contributed by atoms with Crippen LogP contribution in [0.4, 0.5) is 5.69 Å². The van der Waals surface area contributed by atoms with Gasteiger partial charge in [-0.25, -0.2) is 4.79 Å². The highest BCUT2D eigenvalue weighted by Crippen LogP contribution is 2.23. The maximum Gasteiger partial charge on any atom is 0.337 e. The number of carbonyl (C=O) groups excluding carboxylic acids is 1. The fourth-order valence-electron chi connectivity index (χ4n) is 0.936. The molecule has 0 aliphatic carbocycles. The van der Waals surface area contributed by atoms with Gasteiger partial charge in [-0.3, -0.25) is 5.73 Å². The van der Waals surface area contributed by atoms with Gasteiger partial charge in [0.05, 0.1) is 25.5 Å². The van der Waals surface area contributed by atoms with Gasteiger partial charge < -0.3 is 9.47 Å².